The standard InChI is InChI=1S/C17H25N3/c1-2-4-17-16(3-1)19(11-12-20(17)15-5-6-15)13-14-7-9-18-10-8-14/h1-4,14-15,18H,5-13H2. The largest absolute Gasteiger partial charge is 0.368 e. The molecule has 2 aliphatic heterocycles. The maximum Gasteiger partial charge on any atom is 0.0607 e. The first-order valence-corrected chi connectivity index (χ1v) is 8.23. The average molecular weight is 271 g/mol. The van der Waals surface area contributed by atoms with E-state index in [1.807, 2.05) is 0 Å². The molecule has 3 aliphatic rings. The molecule has 0 aromatic heterocycles. The van der Waals surface area contributed by atoms with E-state index in [0.717, 1.165) is 12.0 Å². The zero-order valence-electron chi connectivity index (χ0n) is 12.2. The summed E-state index contributed by atoms with van der Waals surface area (Å²) >= 11 is 0. The number of anilines is 2. The van der Waals surface area contributed by atoms with Crippen molar-refractivity contribution in [2.75, 3.05) is 42.5 Å². The van der Waals surface area contributed by atoms with Gasteiger partial charge in [0.2, 0.25) is 0 Å². The van der Waals surface area contributed by atoms with Crippen LogP contribution in [0.1, 0.15) is 25.7 Å². The summed E-state index contributed by atoms with van der Waals surface area (Å²) < 4.78 is 0. The Hall–Kier alpha value is -1.22. The second-order valence-corrected chi connectivity index (χ2v) is 6.55. The predicted molar refractivity (Wildman–Crippen MR) is 84.6 cm³/mol. The van der Waals surface area contributed by atoms with E-state index in [4.69, 9.17) is 0 Å². The minimum Gasteiger partial charge on any atom is -0.368 e. The number of benzene rings is 1. The van der Waals surface area contributed by atoms with E-state index in [1.165, 1.54) is 69.8 Å². The Morgan fingerprint density at radius 3 is 2.45 bits per heavy atom. The molecule has 2 heterocycles. The van der Waals surface area contributed by atoms with Crippen LogP contribution in [0.4, 0.5) is 11.4 Å². The number of hydrogen-bond donors (Lipinski definition) is 1. The molecule has 0 radical (unpaired) electrons. The maximum atomic E-state index is 3.47. The van der Waals surface area contributed by atoms with Crippen LogP contribution in [0.5, 0.6) is 0 Å². The summed E-state index contributed by atoms with van der Waals surface area (Å²) in [4.78, 5) is 5.29. The zero-order chi connectivity index (χ0) is 13.4. The van der Waals surface area contributed by atoms with Crippen molar-refractivity contribution in [3.63, 3.8) is 0 Å². The Morgan fingerprint density at radius 2 is 1.70 bits per heavy atom. The van der Waals surface area contributed by atoms with Crippen molar-refractivity contribution < 1.29 is 0 Å². The van der Waals surface area contributed by atoms with Gasteiger partial charge >= 0.3 is 0 Å². The number of piperidine rings is 1. The Morgan fingerprint density at radius 1 is 0.950 bits per heavy atom. The Bertz CT molecular complexity index is 463. The van der Waals surface area contributed by atoms with Gasteiger partial charge in [-0.25, -0.2) is 0 Å². The van der Waals surface area contributed by atoms with Crippen LogP contribution in [0.3, 0.4) is 0 Å². The topological polar surface area (TPSA) is 18.5 Å². The van der Waals surface area contributed by atoms with Crippen molar-refractivity contribution in [1.82, 2.24) is 5.32 Å². The Balaban J connectivity index is 1.53. The van der Waals surface area contributed by atoms with Crippen LogP contribution < -0.4 is 15.1 Å². The number of rotatable bonds is 3. The van der Waals surface area contributed by atoms with Crippen LogP contribution in [-0.4, -0.2) is 38.8 Å². The van der Waals surface area contributed by atoms with Crippen LogP contribution in [-0.2, 0) is 0 Å². The molecular formula is C17H25N3. The van der Waals surface area contributed by atoms with Gasteiger partial charge in [-0.15, -0.1) is 0 Å². The smallest absolute Gasteiger partial charge is 0.0607 e. The molecular weight excluding hydrogens is 246 g/mol. The summed E-state index contributed by atoms with van der Waals surface area (Å²) in [7, 11) is 0. The van der Waals surface area contributed by atoms with Gasteiger partial charge in [0.05, 0.1) is 11.4 Å². The van der Waals surface area contributed by atoms with Crippen LogP contribution in [0.25, 0.3) is 0 Å². The van der Waals surface area contributed by atoms with Gasteiger partial charge in [0.1, 0.15) is 0 Å². The van der Waals surface area contributed by atoms with Crippen LogP contribution in [0.15, 0.2) is 24.3 Å². The van der Waals surface area contributed by atoms with Gasteiger partial charge in [-0.3, -0.25) is 0 Å². The third-order valence-corrected chi connectivity index (χ3v) is 5.07. The molecule has 1 aromatic carbocycles. The van der Waals surface area contributed by atoms with E-state index < -0.39 is 0 Å². The van der Waals surface area contributed by atoms with Gasteiger partial charge < -0.3 is 15.1 Å². The van der Waals surface area contributed by atoms with Crippen LogP contribution in [0, 0.1) is 5.92 Å². The summed E-state index contributed by atoms with van der Waals surface area (Å²) in [5.74, 6) is 0.872. The molecule has 3 nitrogen and oxygen atoms in total. The first kappa shape index (κ1) is 12.5. The fraction of sp³-hybridized carbons (Fsp3) is 0.647. The lowest BCUT2D eigenvalue weighted by atomic mass is 9.96. The van der Waals surface area contributed by atoms with Gasteiger partial charge in [0.15, 0.2) is 0 Å². The lowest BCUT2D eigenvalue weighted by Crippen LogP contribution is -2.45. The Kier molecular flexibility index (Phi) is 3.31. The number of fused-ring (bicyclic) bond motifs is 1. The molecule has 3 heteroatoms. The molecule has 2 fully saturated rings. The minimum absolute atomic E-state index is 0.831. The van der Waals surface area contributed by atoms with Gasteiger partial charge in [0.25, 0.3) is 0 Å². The molecule has 0 spiro atoms. The SMILES string of the molecule is c1ccc2c(c1)N(CC1CCNCC1)CCN2C1CC1. The fourth-order valence-electron chi connectivity index (χ4n) is 3.77. The highest BCUT2D eigenvalue weighted by atomic mass is 15.3. The monoisotopic (exact) mass is 271 g/mol. The molecule has 20 heavy (non-hydrogen) atoms. The normalized spacial score (nSPS) is 23.8. The van der Waals surface area contributed by atoms with E-state index in [0.29, 0.717) is 0 Å². The summed E-state index contributed by atoms with van der Waals surface area (Å²) in [5.41, 5.74) is 2.96. The number of nitrogens with zero attached hydrogens (tertiary/aromatic N) is 2. The van der Waals surface area contributed by atoms with E-state index in [1.54, 1.807) is 0 Å². The highest BCUT2D eigenvalue weighted by Gasteiger charge is 2.34. The van der Waals surface area contributed by atoms with Crippen LogP contribution >= 0.6 is 0 Å². The lowest BCUT2D eigenvalue weighted by Gasteiger charge is -2.41. The highest BCUT2D eigenvalue weighted by Crippen LogP contribution is 2.40. The third kappa shape index (κ3) is 2.39. The quantitative estimate of drug-likeness (QED) is 0.911. The van der Waals surface area contributed by atoms with E-state index in [-0.39, 0.29) is 0 Å². The maximum absolute atomic E-state index is 3.47. The third-order valence-electron chi connectivity index (χ3n) is 5.07. The summed E-state index contributed by atoms with van der Waals surface area (Å²) in [6, 6.07) is 9.87. The van der Waals surface area contributed by atoms with Gasteiger partial charge in [-0.2, -0.15) is 0 Å². The average Bonchev–Trinajstić information content (AvgIpc) is 3.33. The molecule has 1 saturated carbocycles. The molecule has 0 atom stereocenters. The van der Waals surface area contributed by atoms with Crippen molar-refractivity contribution >= 4 is 11.4 Å². The molecule has 1 saturated heterocycles. The van der Waals surface area contributed by atoms with Crippen molar-refractivity contribution in [2.24, 2.45) is 5.92 Å². The van der Waals surface area contributed by atoms with Crippen molar-refractivity contribution in [3.05, 3.63) is 24.3 Å². The van der Waals surface area contributed by atoms with Gasteiger partial charge in [0, 0.05) is 25.7 Å². The second-order valence-electron chi connectivity index (χ2n) is 6.55. The molecule has 0 amide bonds. The van der Waals surface area contributed by atoms with E-state index >= 15 is 0 Å². The second kappa shape index (κ2) is 5.28. The van der Waals surface area contributed by atoms with E-state index in [2.05, 4.69) is 39.4 Å². The van der Waals surface area contributed by atoms with Gasteiger partial charge in [-0.05, 0) is 56.8 Å². The molecule has 1 N–H and O–H groups in total. The number of para-hydroxylation sites is 2. The van der Waals surface area contributed by atoms with E-state index in [9.17, 15) is 0 Å². The molecule has 0 unspecified atom stereocenters. The fourth-order valence-corrected chi connectivity index (χ4v) is 3.77. The van der Waals surface area contributed by atoms with Crippen molar-refractivity contribution in [1.29, 1.82) is 0 Å². The summed E-state index contributed by atoms with van der Waals surface area (Å²) in [5, 5.41) is 3.47. The van der Waals surface area contributed by atoms with Crippen LogP contribution in [0.2, 0.25) is 0 Å². The first-order chi connectivity index (χ1) is 9.92. The predicted octanol–water partition coefficient (Wildman–Crippen LogP) is 2.48. The molecule has 4 rings (SSSR count). The molecule has 1 aliphatic carbocycles. The lowest BCUT2D eigenvalue weighted by molar-refractivity contribution is 0.372. The molecule has 0 bridgehead atoms. The number of nitrogens with one attached hydrogen (secondary N) is 1. The molecule has 108 valence electrons. The molecule has 1 aromatic rings. The number of hydrogen-bond acceptors (Lipinski definition) is 3. The summed E-state index contributed by atoms with van der Waals surface area (Å²) in [6.45, 7) is 6.07. The first-order valence-electron chi connectivity index (χ1n) is 8.23. The van der Waals surface area contributed by atoms with Crippen molar-refractivity contribution in [2.45, 2.75) is 31.7 Å². The summed E-state index contributed by atoms with van der Waals surface area (Å²) in [6.07, 6.45) is 5.46. The van der Waals surface area contributed by atoms with Gasteiger partial charge in [-0.1, -0.05) is 12.1 Å². The zero-order valence-corrected chi connectivity index (χ0v) is 12.2. The minimum atomic E-state index is 0.831. The highest BCUT2D eigenvalue weighted by molar-refractivity contribution is 5.74. The van der Waals surface area contributed by atoms with Crippen molar-refractivity contribution in [3.8, 4) is 0 Å². The Labute approximate surface area is 121 Å².